The Labute approximate surface area is 142 Å². The predicted molar refractivity (Wildman–Crippen MR) is 97.0 cm³/mol. The van der Waals surface area contributed by atoms with E-state index >= 15 is 0 Å². The molecule has 0 aliphatic heterocycles. The molecule has 0 saturated heterocycles. The third-order valence-electron chi connectivity index (χ3n) is 3.45. The maximum absolute atomic E-state index is 4.71. The Morgan fingerprint density at radius 3 is 3.10 bits per heavy atom. The summed E-state index contributed by atoms with van der Waals surface area (Å²) >= 11 is 4.05. The number of benzene rings is 1. The lowest BCUT2D eigenvalue weighted by Crippen LogP contribution is -2.24. The van der Waals surface area contributed by atoms with E-state index in [1.807, 2.05) is 0 Å². The van der Waals surface area contributed by atoms with Gasteiger partial charge in [-0.3, -0.25) is 4.40 Å². The second-order valence-electron chi connectivity index (χ2n) is 5.09. The van der Waals surface area contributed by atoms with Gasteiger partial charge in [-0.05, 0) is 53.3 Å². The smallest absolute Gasteiger partial charge is 0.193 e. The van der Waals surface area contributed by atoms with E-state index in [1.54, 1.807) is 11.3 Å². The fraction of sp³-hybridized carbons (Fsp3) is 0.312. The molecule has 1 N–H and O–H groups in total. The average Bonchev–Trinajstić information content (AvgIpc) is 3.04. The number of rotatable bonds is 6. The molecule has 1 atom stereocenters. The van der Waals surface area contributed by atoms with Gasteiger partial charge in [0, 0.05) is 33.8 Å². The summed E-state index contributed by atoms with van der Waals surface area (Å²) in [4.78, 5) is 5.78. The largest absolute Gasteiger partial charge is 0.310 e. The second kappa shape index (κ2) is 6.89. The molecule has 0 spiro atoms. The lowest BCUT2D eigenvalue weighted by Gasteiger charge is -2.18. The standard InChI is InChI=1S/C16H18IN3S/c1-2-6-18-15(12-4-3-5-13(17)9-12)10-14-11-20-7-8-21-16(20)19-14/h3-5,7-9,11,15,18H,2,6,10H2,1H3. The Kier molecular flexibility index (Phi) is 4.92. The molecule has 3 aromatic rings. The number of halogens is 1. The molecule has 0 aliphatic carbocycles. The number of hydrogen-bond donors (Lipinski definition) is 1. The number of thiazole rings is 1. The highest BCUT2D eigenvalue weighted by Gasteiger charge is 2.14. The summed E-state index contributed by atoms with van der Waals surface area (Å²) in [5, 5.41) is 5.72. The minimum absolute atomic E-state index is 0.323. The highest BCUT2D eigenvalue weighted by molar-refractivity contribution is 14.1. The van der Waals surface area contributed by atoms with Gasteiger partial charge in [0.05, 0.1) is 5.69 Å². The van der Waals surface area contributed by atoms with Crippen LogP contribution in [0.2, 0.25) is 0 Å². The van der Waals surface area contributed by atoms with Crippen molar-refractivity contribution in [1.29, 1.82) is 0 Å². The summed E-state index contributed by atoms with van der Waals surface area (Å²) < 4.78 is 3.38. The zero-order valence-electron chi connectivity index (χ0n) is 11.9. The Morgan fingerprint density at radius 1 is 1.43 bits per heavy atom. The number of fused-ring (bicyclic) bond motifs is 1. The van der Waals surface area contributed by atoms with Crippen LogP contribution in [0.1, 0.15) is 30.6 Å². The van der Waals surface area contributed by atoms with Crippen molar-refractivity contribution in [3.8, 4) is 0 Å². The fourth-order valence-corrected chi connectivity index (χ4v) is 3.72. The van der Waals surface area contributed by atoms with Gasteiger partial charge < -0.3 is 5.32 Å². The van der Waals surface area contributed by atoms with Gasteiger partial charge in [0.25, 0.3) is 0 Å². The maximum atomic E-state index is 4.71. The quantitative estimate of drug-likeness (QED) is 0.614. The SMILES string of the molecule is CCCNC(Cc1cn2ccsc2n1)c1cccc(I)c1. The highest BCUT2D eigenvalue weighted by atomic mass is 127. The van der Waals surface area contributed by atoms with Crippen molar-refractivity contribution in [2.24, 2.45) is 0 Å². The topological polar surface area (TPSA) is 29.3 Å². The van der Waals surface area contributed by atoms with Crippen LogP contribution in [0.3, 0.4) is 0 Å². The van der Waals surface area contributed by atoms with E-state index in [-0.39, 0.29) is 0 Å². The van der Waals surface area contributed by atoms with Crippen LogP contribution in [-0.4, -0.2) is 15.9 Å². The molecule has 0 radical (unpaired) electrons. The third kappa shape index (κ3) is 3.64. The van der Waals surface area contributed by atoms with Gasteiger partial charge in [-0.25, -0.2) is 4.98 Å². The first-order chi connectivity index (χ1) is 10.3. The van der Waals surface area contributed by atoms with Crippen molar-refractivity contribution >= 4 is 38.9 Å². The number of aromatic nitrogens is 2. The van der Waals surface area contributed by atoms with Gasteiger partial charge in [-0.1, -0.05) is 19.1 Å². The van der Waals surface area contributed by atoms with Crippen LogP contribution in [-0.2, 0) is 6.42 Å². The van der Waals surface area contributed by atoms with E-state index < -0.39 is 0 Å². The molecule has 21 heavy (non-hydrogen) atoms. The van der Waals surface area contributed by atoms with Crippen LogP contribution in [0.4, 0.5) is 0 Å². The zero-order chi connectivity index (χ0) is 14.7. The molecule has 0 aliphatic rings. The summed E-state index contributed by atoms with van der Waals surface area (Å²) in [6, 6.07) is 9.04. The van der Waals surface area contributed by atoms with Gasteiger partial charge in [-0.2, -0.15) is 0 Å². The molecule has 0 amide bonds. The molecule has 3 nitrogen and oxygen atoms in total. The molecule has 0 bridgehead atoms. The highest BCUT2D eigenvalue weighted by Crippen LogP contribution is 2.21. The van der Waals surface area contributed by atoms with Gasteiger partial charge >= 0.3 is 0 Å². The molecule has 5 heteroatoms. The van der Waals surface area contributed by atoms with E-state index in [9.17, 15) is 0 Å². The molecular weight excluding hydrogens is 393 g/mol. The number of imidazole rings is 1. The lowest BCUT2D eigenvalue weighted by molar-refractivity contribution is 0.525. The van der Waals surface area contributed by atoms with Crippen LogP contribution in [0, 0.1) is 3.57 Å². The first-order valence-corrected chi connectivity index (χ1v) is 9.12. The summed E-state index contributed by atoms with van der Waals surface area (Å²) in [6.45, 7) is 3.23. The monoisotopic (exact) mass is 411 g/mol. The van der Waals surface area contributed by atoms with Gasteiger partial charge in [0.2, 0.25) is 0 Å². The molecule has 110 valence electrons. The lowest BCUT2D eigenvalue weighted by atomic mass is 10.0. The maximum Gasteiger partial charge on any atom is 0.193 e. The Morgan fingerprint density at radius 2 is 2.33 bits per heavy atom. The number of hydrogen-bond acceptors (Lipinski definition) is 3. The summed E-state index contributed by atoms with van der Waals surface area (Å²) in [6.07, 6.45) is 6.27. The molecule has 1 aromatic carbocycles. The molecule has 0 saturated carbocycles. The Balaban J connectivity index is 1.83. The van der Waals surface area contributed by atoms with Crippen molar-refractivity contribution in [3.05, 3.63) is 56.9 Å². The second-order valence-corrected chi connectivity index (χ2v) is 7.21. The van der Waals surface area contributed by atoms with Crippen molar-refractivity contribution in [2.75, 3.05) is 6.54 Å². The van der Waals surface area contributed by atoms with Crippen molar-refractivity contribution < 1.29 is 0 Å². The van der Waals surface area contributed by atoms with E-state index in [0.717, 1.165) is 30.0 Å². The third-order valence-corrected chi connectivity index (χ3v) is 4.89. The van der Waals surface area contributed by atoms with Crippen LogP contribution in [0.15, 0.2) is 42.0 Å². The first-order valence-electron chi connectivity index (χ1n) is 7.16. The van der Waals surface area contributed by atoms with Crippen molar-refractivity contribution in [2.45, 2.75) is 25.8 Å². The molecular formula is C16H18IN3S. The predicted octanol–water partition coefficient (Wildman–Crippen LogP) is 4.28. The summed E-state index contributed by atoms with van der Waals surface area (Å²) in [5.41, 5.74) is 2.49. The van der Waals surface area contributed by atoms with Gasteiger partial charge in [-0.15, -0.1) is 11.3 Å². The van der Waals surface area contributed by atoms with Crippen molar-refractivity contribution in [1.82, 2.24) is 14.7 Å². The molecule has 0 fully saturated rings. The van der Waals surface area contributed by atoms with E-state index in [2.05, 4.69) is 81.3 Å². The van der Waals surface area contributed by atoms with E-state index in [1.165, 1.54) is 9.13 Å². The molecule has 3 rings (SSSR count). The first kappa shape index (κ1) is 15.0. The van der Waals surface area contributed by atoms with Crippen LogP contribution >= 0.6 is 33.9 Å². The summed E-state index contributed by atoms with van der Waals surface area (Å²) in [7, 11) is 0. The normalized spacial score (nSPS) is 12.9. The fourth-order valence-electron chi connectivity index (χ4n) is 2.43. The van der Waals surface area contributed by atoms with Crippen LogP contribution in [0.5, 0.6) is 0 Å². The number of nitrogens with zero attached hydrogens (tertiary/aromatic N) is 2. The Bertz CT molecular complexity index is 690. The molecule has 2 aromatic heterocycles. The average molecular weight is 411 g/mol. The van der Waals surface area contributed by atoms with Gasteiger partial charge in [0.1, 0.15) is 0 Å². The van der Waals surface area contributed by atoms with Gasteiger partial charge in [0.15, 0.2) is 4.96 Å². The van der Waals surface area contributed by atoms with E-state index in [4.69, 9.17) is 4.98 Å². The zero-order valence-corrected chi connectivity index (χ0v) is 14.9. The minimum Gasteiger partial charge on any atom is -0.310 e. The van der Waals surface area contributed by atoms with Crippen LogP contribution in [0.25, 0.3) is 4.96 Å². The van der Waals surface area contributed by atoms with Crippen molar-refractivity contribution in [3.63, 3.8) is 0 Å². The number of nitrogens with one attached hydrogen (secondary N) is 1. The minimum atomic E-state index is 0.323. The molecule has 1 unspecified atom stereocenters. The van der Waals surface area contributed by atoms with Crippen LogP contribution < -0.4 is 5.32 Å². The summed E-state index contributed by atoms with van der Waals surface area (Å²) in [5.74, 6) is 0. The molecule has 2 heterocycles. The Hall–Kier alpha value is -0.920. The van der Waals surface area contributed by atoms with E-state index in [0.29, 0.717) is 6.04 Å².